The molecule has 2 aromatic carbocycles. The van der Waals surface area contributed by atoms with Crippen LogP contribution in [0.5, 0.6) is 0 Å². The zero-order valence-corrected chi connectivity index (χ0v) is 15.4. The van der Waals surface area contributed by atoms with Gasteiger partial charge in [-0.25, -0.2) is 9.18 Å². The Bertz CT molecular complexity index is 876. The smallest absolute Gasteiger partial charge is 0.336 e. The molecule has 5 heteroatoms. The van der Waals surface area contributed by atoms with Crippen LogP contribution in [-0.4, -0.2) is 23.4 Å². The summed E-state index contributed by atoms with van der Waals surface area (Å²) in [5, 5.41) is 0. The maximum atomic E-state index is 14.1. The van der Waals surface area contributed by atoms with Crippen molar-refractivity contribution in [2.75, 3.05) is 6.61 Å². The largest absolute Gasteiger partial charge is 0.463 e. The SMILES string of the molecule is CCOC(=O)C1=C(C)N(Cc2ccccc2F)C(=O)CC1c1ccccc1. The predicted molar refractivity (Wildman–Crippen MR) is 100 cm³/mol. The Balaban J connectivity index is 2.03. The van der Waals surface area contributed by atoms with Crippen molar-refractivity contribution >= 4 is 11.9 Å². The van der Waals surface area contributed by atoms with Gasteiger partial charge in [0.25, 0.3) is 0 Å². The highest BCUT2D eigenvalue weighted by molar-refractivity contribution is 5.95. The van der Waals surface area contributed by atoms with E-state index >= 15 is 0 Å². The quantitative estimate of drug-likeness (QED) is 0.745. The molecule has 0 aliphatic carbocycles. The van der Waals surface area contributed by atoms with E-state index < -0.39 is 5.97 Å². The van der Waals surface area contributed by atoms with Crippen LogP contribution in [0.1, 0.15) is 37.3 Å². The number of esters is 1. The summed E-state index contributed by atoms with van der Waals surface area (Å²) in [7, 11) is 0. The maximum Gasteiger partial charge on any atom is 0.336 e. The van der Waals surface area contributed by atoms with Gasteiger partial charge in [0.05, 0.1) is 18.7 Å². The number of hydrogen-bond donors (Lipinski definition) is 0. The first-order chi connectivity index (χ1) is 13.0. The number of amides is 1. The summed E-state index contributed by atoms with van der Waals surface area (Å²) in [4.78, 5) is 27.0. The van der Waals surface area contributed by atoms with Crippen LogP contribution in [-0.2, 0) is 20.9 Å². The van der Waals surface area contributed by atoms with E-state index in [0.29, 0.717) is 16.8 Å². The molecule has 3 rings (SSSR count). The molecule has 2 aromatic rings. The summed E-state index contributed by atoms with van der Waals surface area (Å²) in [5.74, 6) is -1.32. The first-order valence-electron chi connectivity index (χ1n) is 8.99. The van der Waals surface area contributed by atoms with Gasteiger partial charge < -0.3 is 9.64 Å². The minimum Gasteiger partial charge on any atom is -0.463 e. The topological polar surface area (TPSA) is 46.6 Å². The number of carbonyl (C=O) groups is 2. The Morgan fingerprint density at radius 3 is 2.48 bits per heavy atom. The zero-order chi connectivity index (χ0) is 19.4. The van der Waals surface area contributed by atoms with Crippen molar-refractivity contribution in [3.63, 3.8) is 0 Å². The van der Waals surface area contributed by atoms with Gasteiger partial charge >= 0.3 is 5.97 Å². The van der Waals surface area contributed by atoms with Crippen LogP contribution in [0, 0.1) is 5.82 Å². The van der Waals surface area contributed by atoms with Crippen LogP contribution < -0.4 is 0 Å². The second-order valence-electron chi connectivity index (χ2n) is 6.46. The minimum atomic E-state index is -0.435. The second-order valence-corrected chi connectivity index (χ2v) is 6.46. The number of rotatable bonds is 5. The lowest BCUT2D eigenvalue weighted by atomic mass is 9.83. The van der Waals surface area contributed by atoms with Gasteiger partial charge in [0.15, 0.2) is 0 Å². The molecule has 0 radical (unpaired) electrons. The van der Waals surface area contributed by atoms with Crippen molar-refractivity contribution in [2.24, 2.45) is 0 Å². The number of carbonyl (C=O) groups excluding carboxylic acids is 2. The van der Waals surface area contributed by atoms with Crippen molar-refractivity contribution < 1.29 is 18.7 Å². The van der Waals surface area contributed by atoms with E-state index in [9.17, 15) is 14.0 Å². The maximum absolute atomic E-state index is 14.1. The average molecular weight is 367 g/mol. The second kappa shape index (κ2) is 8.16. The highest BCUT2D eigenvalue weighted by atomic mass is 19.1. The Hall–Kier alpha value is -2.95. The van der Waals surface area contributed by atoms with Crippen molar-refractivity contribution in [1.29, 1.82) is 0 Å². The normalized spacial score (nSPS) is 17.2. The molecule has 0 fully saturated rings. The third-order valence-electron chi connectivity index (χ3n) is 4.81. The molecule has 1 unspecified atom stereocenters. The number of allylic oxidation sites excluding steroid dienone is 1. The highest BCUT2D eigenvalue weighted by Gasteiger charge is 2.36. The molecule has 0 spiro atoms. The van der Waals surface area contributed by atoms with E-state index in [0.717, 1.165) is 5.56 Å². The molecule has 1 aliphatic heterocycles. The standard InChI is InChI=1S/C22H22FNO3/c1-3-27-22(26)21-15(2)24(14-17-11-7-8-12-19(17)23)20(25)13-18(21)16-9-5-4-6-10-16/h4-12,18H,3,13-14H2,1-2H3. The van der Waals surface area contributed by atoms with Crippen molar-refractivity contribution in [3.05, 3.63) is 82.8 Å². The summed E-state index contributed by atoms with van der Waals surface area (Å²) in [6.45, 7) is 3.80. The van der Waals surface area contributed by atoms with Crippen molar-refractivity contribution in [1.82, 2.24) is 4.90 Å². The fraction of sp³-hybridized carbons (Fsp3) is 0.273. The Labute approximate surface area is 158 Å². The molecular weight excluding hydrogens is 345 g/mol. The molecule has 27 heavy (non-hydrogen) atoms. The molecule has 1 heterocycles. The number of benzene rings is 2. The van der Waals surface area contributed by atoms with Crippen LogP contribution in [0.4, 0.5) is 4.39 Å². The van der Waals surface area contributed by atoms with Gasteiger partial charge in [-0.15, -0.1) is 0 Å². The Morgan fingerprint density at radius 2 is 1.81 bits per heavy atom. The average Bonchev–Trinajstić information content (AvgIpc) is 2.67. The lowest BCUT2D eigenvalue weighted by Gasteiger charge is -2.34. The number of hydrogen-bond acceptors (Lipinski definition) is 3. The fourth-order valence-electron chi connectivity index (χ4n) is 3.44. The zero-order valence-electron chi connectivity index (χ0n) is 15.4. The molecule has 4 nitrogen and oxygen atoms in total. The third kappa shape index (κ3) is 3.92. The van der Waals surface area contributed by atoms with E-state index in [2.05, 4.69) is 0 Å². The van der Waals surface area contributed by atoms with E-state index in [1.807, 2.05) is 30.3 Å². The van der Waals surface area contributed by atoms with Crippen LogP contribution in [0.3, 0.4) is 0 Å². The number of halogens is 1. The predicted octanol–water partition coefficient (Wildman–Crippen LogP) is 4.18. The molecule has 0 saturated carbocycles. The molecule has 140 valence electrons. The molecule has 0 saturated heterocycles. The first-order valence-corrected chi connectivity index (χ1v) is 8.99. The molecule has 0 N–H and O–H groups in total. The van der Waals surface area contributed by atoms with Gasteiger partial charge in [0.2, 0.25) is 5.91 Å². The highest BCUT2D eigenvalue weighted by Crippen LogP contribution is 2.37. The molecular formula is C22H22FNO3. The van der Waals surface area contributed by atoms with Gasteiger partial charge in [0.1, 0.15) is 5.82 Å². The van der Waals surface area contributed by atoms with Gasteiger partial charge in [-0.1, -0.05) is 48.5 Å². The monoisotopic (exact) mass is 367 g/mol. The summed E-state index contributed by atoms with van der Waals surface area (Å²) >= 11 is 0. The lowest BCUT2D eigenvalue weighted by molar-refractivity contribution is -0.140. The van der Waals surface area contributed by atoms with E-state index in [1.165, 1.54) is 11.0 Å². The number of nitrogens with zero attached hydrogens (tertiary/aromatic N) is 1. The van der Waals surface area contributed by atoms with Crippen LogP contribution >= 0.6 is 0 Å². The van der Waals surface area contributed by atoms with Crippen LogP contribution in [0.15, 0.2) is 65.9 Å². The molecule has 1 atom stereocenters. The molecule has 0 aromatic heterocycles. The summed E-state index contributed by atoms with van der Waals surface area (Å²) in [6, 6.07) is 15.8. The summed E-state index contributed by atoms with van der Waals surface area (Å²) in [5.41, 5.74) is 2.27. The van der Waals surface area contributed by atoms with Gasteiger partial charge in [-0.3, -0.25) is 4.79 Å². The Kier molecular flexibility index (Phi) is 5.69. The van der Waals surface area contributed by atoms with Crippen molar-refractivity contribution in [3.8, 4) is 0 Å². The summed E-state index contributed by atoms with van der Waals surface area (Å²) < 4.78 is 19.3. The van der Waals surface area contributed by atoms with Crippen molar-refractivity contribution in [2.45, 2.75) is 32.7 Å². The van der Waals surface area contributed by atoms with Gasteiger partial charge in [-0.2, -0.15) is 0 Å². The Morgan fingerprint density at radius 1 is 1.15 bits per heavy atom. The molecule has 1 aliphatic rings. The molecule has 0 bridgehead atoms. The number of ether oxygens (including phenoxy) is 1. The van der Waals surface area contributed by atoms with Crippen LogP contribution in [0.25, 0.3) is 0 Å². The summed E-state index contributed by atoms with van der Waals surface area (Å²) in [6.07, 6.45) is 0.143. The van der Waals surface area contributed by atoms with E-state index in [1.54, 1.807) is 32.0 Å². The minimum absolute atomic E-state index is 0.0851. The van der Waals surface area contributed by atoms with Gasteiger partial charge in [0, 0.05) is 23.6 Å². The van der Waals surface area contributed by atoms with Gasteiger partial charge in [-0.05, 0) is 25.5 Å². The third-order valence-corrected chi connectivity index (χ3v) is 4.81. The van der Waals surface area contributed by atoms with E-state index in [-0.39, 0.29) is 37.2 Å². The van der Waals surface area contributed by atoms with Crippen LogP contribution in [0.2, 0.25) is 0 Å². The van der Waals surface area contributed by atoms with E-state index in [4.69, 9.17) is 4.74 Å². The lowest BCUT2D eigenvalue weighted by Crippen LogP contribution is -2.38. The first kappa shape index (κ1) is 18.8. The fourth-order valence-corrected chi connectivity index (χ4v) is 3.44. The molecule has 1 amide bonds.